The lowest BCUT2D eigenvalue weighted by atomic mass is 10.1. The normalized spacial score (nSPS) is 12.3. The molecule has 1 aromatic heterocycles. The van der Waals surface area contributed by atoms with Gasteiger partial charge in [0.1, 0.15) is 6.04 Å². The van der Waals surface area contributed by atoms with E-state index >= 15 is 0 Å². The molecule has 1 heterocycles. The molecular weight excluding hydrogens is 252 g/mol. The molecule has 4 nitrogen and oxygen atoms in total. The lowest BCUT2D eigenvalue weighted by Gasteiger charge is -2.13. The zero-order valence-corrected chi connectivity index (χ0v) is 10.3. The van der Waals surface area contributed by atoms with Crippen molar-refractivity contribution in [2.45, 2.75) is 12.6 Å². The van der Waals surface area contributed by atoms with Gasteiger partial charge in [0.15, 0.2) is 0 Å². The Labute approximate surface area is 110 Å². The summed E-state index contributed by atoms with van der Waals surface area (Å²) in [4.78, 5) is 14.1. The maximum Gasteiger partial charge on any atom is 0.326 e. The fourth-order valence-electron chi connectivity index (χ4n) is 1.71. The molecule has 94 valence electrons. The number of aliphatic carboxylic acids is 1. The monoisotopic (exact) mass is 264 g/mol. The summed E-state index contributed by atoms with van der Waals surface area (Å²) >= 11 is 6.02. The molecule has 0 fully saturated rings. The number of hydrogen-bond donors (Lipinski definition) is 3. The van der Waals surface area contributed by atoms with Crippen LogP contribution in [-0.2, 0) is 11.3 Å². The van der Waals surface area contributed by atoms with Crippen LogP contribution >= 0.6 is 11.6 Å². The second-order valence-corrected chi connectivity index (χ2v) is 4.28. The fraction of sp³-hybridized carbons (Fsp3) is 0.154. The number of benzene rings is 1. The first-order valence-corrected chi connectivity index (χ1v) is 5.89. The van der Waals surface area contributed by atoms with Gasteiger partial charge in [0.05, 0.1) is 0 Å². The molecule has 3 N–H and O–H groups in total. The highest BCUT2D eigenvalue weighted by molar-refractivity contribution is 6.31. The number of nitrogens with one attached hydrogen (secondary N) is 2. The lowest BCUT2D eigenvalue weighted by Crippen LogP contribution is -2.28. The van der Waals surface area contributed by atoms with E-state index < -0.39 is 12.0 Å². The minimum absolute atomic E-state index is 0.398. The standard InChI is InChI=1S/C13H13ClN2O2/c14-10-5-2-1-4-9(10)8-16-12(13(17)18)11-6-3-7-15-11/h1-7,12,15-16H,8H2,(H,17,18). The number of halogens is 1. The lowest BCUT2D eigenvalue weighted by molar-refractivity contribution is -0.139. The zero-order chi connectivity index (χ0) is 13.0. The summed E-state index contributed by atoms with van der Waals surface area (Å²) in [5, 5.41) is 12.8. The van der Waals surface area contributed by atoms with E-state index in [4.69, 9.17) is 11.6 Å². The first-order valence-electron chi connectivity index (χ1n) is 5.51. The Bertz CT molecular complexity index is 526. The quantitative estimate of drug-likeness (QED) is 0.778. The molecule has 0 bridgehead atoms. The molecule has 1 unspecified atom stereocenters. The SMILES string of the molecule is O=C(O)C(NCc1ccccc1Cl)c1ccc[nH]1. The number of carbonyl (C=O) groups is 1. The summed E-state index contributed by atoms with van der Waals surface area (Å²) in [5.74, 6) is -0.926. The van der Waals surface area contributed by atoms with Crippen LogP contribution in [0.15, 0.2) is 42.6 Å². The predicted molar refractivity (Wildman–Crippen MR) is 69.5 cm³/mol. The summed E-state index contributed by atoms with van der Waals surface area (Å²) in [6.45, 7) is 0.398. The van der Waals surface area contributed by atoms with E-state index in [1.165, 1.54) is 0 Å². The Morgan fingerprint density at radius 3 is 2.72 bits per heavy atom. The van der Waals surface area contributed by atoms with E-state index in [1.54, 1.807) is 24.4 Å². The van der Waals surface area contributed by atoms with Gasteiger partial charge in [0.2, 0.25) is 0 Å². The van der Waals surface area contributed by atoms with E-state index in [-0.39, 0.29) is 0 Å². The molecule has 0 aliphatic rings. The summed E-state index contributed by atoms with van der Waals surface area (Å²) in [5.41, 5.74) is 1.49. The maximum atomic E-state index is 11.2. The van der Waals surface area contributed by atoms with Gasteiger partial charge >= 0.3 is 5.97 Å². The smallest absolute Gasteiger partial charge is 0.326 e. The number of aromatic nitrogens is 1. The Morgan fingerprint density at radius 2 is 2.11 bits per heavy atom. The van der Waals surface area contributed by atoms with E-state index in [0.717, 1.165) is 5.56 Å². The molecule has 1 atom stereocenters. The van der Waals surface area contributed by atoms with Gasteiger partial charge in [-0.25, -0.2) is 0 Å². The van der Waals surface area contributed by atoms with Gasteiger partial charge in [0, 0.05) is 23.5 Å². The highest BCUT2D eigenvalue weighted by Gasteiger charge is 2.19. The highest BCUT2D eigenvalue weighted by atomic mass is 35.5. The van der Waals surface area contributed by atoms with Crippen molar-refractivity contribution < 1.29 is 9.90 Å². The summed E-state index contributed by atoms with van der Waals surface area (Å²) in [6, 6.07) is 10.1. The second kappa shape index (κ2) is 5.71. The third kappa shape index (κ3) is 2.91. The molecule has 5 heteroatoms. The summed E-state index contributed by atoms with van der Waals surface area (Å²) in [6.07, 6.45) is 1.70. The van der Waals surface area contributed by atoms with Crippen LogP contribution in [-0.4, -0.2) is 16.1 Å². The molecule has 0 saturated carbocycles. The van der Waals surface area contributed by atoms with E-state index in [2.05, 4.69) is 10.3 Å². The molecule has 2 aromatic rings. The molecule has 18 heavy (non-hydrogen) atoms. The number of carboxylic acid groups (broad SMARTS) is 1. The molecule has 0 saturated heterocycles. The van der Waals surface area contributed by atoms with Gasteiger partial charge in [-0.15, -0.1) is 0 Å². The van der Waals surface area contributed by atoms with Gasteiger partial charge in [-0.2, -0.15) is 0 Å². The molecule has 0 amide bonds. The number of aromatic amines is 1. The minimum atomic E-state index is -0.926. The van der Waals surface area contributed by atoms with Crippen molar-refractivity contribution in [2.24, 2.45) is 0 Å². The van der Waals surface area contributed by atoms with E-state index in [0.29, 0.717) is 17.3 Å². The van der Waals surface area contributed by atoms with Gasteiger partial charge in [-0.3, -0.25) is 10.1 Å². The van der Waals surface area contributed by atoms with Crippen molar-refractivity contribution in [3.63, 3.8) is 0 Å². The van der Waals surface area contributed by atoms with Gasteiger partial charge in [0.25, 0.3) is 0 Å². The first-order chi connectivity index (χ1) is 8.68. The molecule has 1 aromatic carbocycles. The Balaban J connectivity index is 2.08. The van der Waals surface area contributed by atoms with Crippen molar-refractivity contribution in [2.75, 3.05) is 0 Å². The highest BCUT2D eigenvalue weighted by Crippen LogP contribution is 2.17. The molecular formula is C13H13ClN2O2. The summed E-state index contributed by atoms with van der Waals surface area (Å²) < 4.78 is 0. The second-order valence-electron chi connectivity index (χ2n) is 3.87. The largest absolute Gasteiger partial charge is 0.480 e. The molecule has 0 aliphatic carbocycles. The van der Waals surface area contributed by atoms with Crippen molar-refractivity contribution >= 4 is 17.6 Å². The Morgan fingerprint density at radius 1 is 1.33 bits per heavy atom. The zero-order valence-electron chi connectivity index (χ0n) is 9.56. The molecule has 0 aliphatic heterocycles. The van der Waals surface area contributed by atoms with Crippen LogP contribution in [0.3, 0.4) is 0 Å². The average Bonchev–Trinajstić information content (AvgIpc) is 2.85. The number of rotatable bonds is 5. The van der Waals surface area contributed by atoms with Gasteiger partial charge < -0.3 is 10.1 Å². The van der Waals surface area contributed by atoms with Crippen LogP contribution in [0.2, 0.25) is 5.02 Å². The minimum Gasteiger partial charge on any atom is -0.480 e. The van der Waals surface area contributed by atoms with Crippen LogP contribution in [0.25, 0.3) is 0 Å². The van der Waals surface area contributed by atoms with Crippen LogP contribution in [0.1, 0.15) is 17.3 Å². The number of H-pyrrole nitrogens is 1. The van der Waals surface area contributed by atoms with Crippen molar-refractivity contribution in [3.8, 4) is 0 Å². The van der Waals surface area contributed by atoms with Gasteiger partial charge in [-0.05, 0) is 23.8 Å². The Hall–Kier alpha value is -1.78. The van der Waals surface area contributed by atoms with Crippen LogP contribution in [0.4, 0.5) is 0 Å². The van der Waals surface area contributed by atoms with Crippen molar-refractivity contribution in [1.82, 2.24) is 10.3 Å². The molecule has 0 radical (unpaired) electrons. The predicted octanol–water partition coefficient (Wildman–Crippen LogP) is 2.58. The van der Waals surface area contributed by atoms with Crippen LogP contribution in [0.5, 0.6) is 0 Å². The number of hydrogen-bond acceptors (Lipinski definition) is 2. The first kappa shape index (κ1) is 12.7. The number of carboxylic acids is 1. The van der Waals surface area contributed by atoms with E-state index in [1.807, 2.05) is 18.2 Å². The maximum absolute atomic E-state index is 11.2. The van der Waals surface area contributed by atoms with Crippen LogP contribution in [0, 0.1) is 0 Å². The van der Waals surface area contributed by atoms with E-state index in [9.17, 15) is 9.90 Å². The van der Waals surface area contributed by atoms with Gasteiger partial charge in [-0.1, -0.05) is 29.8 Å². The topological polar surface area (TPSA) is 65.1 Å². The molecule has 2 rings (SSSR count). The summed E-state index contributed by atoms with van der Waals surface area (Å²) in [7, 11) is 0. The van der Waals surface area contributed by atoms with Crippen LogP contribution < -0.4 is 5.32 Å². The average molecular weight is 265 g/mol. The third-order valence-corrected chi connectivity index (χ3v) is 3.00. The molecule has 0 spiro atoms. The van der Waals surface area contributed by atoms with Crippen molar-refractivity contribution in [1.29, 1.82) is 0 Å². The Kier molecular flexibility index (Phi) is 4.02. The fourth-order valence-corrected chi connectivity index (χ4v) is 1.91. The van der Waals surface area contributed by atoms with Crippen molar-refractivity contribution in [3.05, 3.63) is 58.9 Å². The third-order valence-electron chi connectivity index (χ3n) is 2.63.